The van der Waals surface area contributed by atoms with Crippen LogP contribution in [-0.2, 0) is 13.1 Å². The molecule has 0 radical (unpaired) electrons. The number of rotatable bonds is 6. The Bertz CT molecular complexity index is 436. The summed E-state index contributed by atoms with van der Waals surface area (Å²) in [6.45, 7) is 5.11. The second kappa shape index (κ2) is 6.58. The molecule has 0 saturated heterocycles. The van der Waals surface area contributed by atoms with Crippen LogP contribution in [0.2, 0.25) is 0 Å². The van der Waals surface area contributed by atoms with Crippen molar-refractivity contribution in [1.29, 1.82) is 0 Å². The molecule has 4 nitrogen and oxygen atoms in total. The monoisotopic (exact) mass is 242 g/mol. The standard InChI is InChI=1S/C11H18N2O2S/c1-3-12-8-6-10(14)13(11(12)15)7-5-9-16-4-2/h6,8H,3-5,7,9H2,1-2H3. The molecule has 0 aromatic carbocycles. The first-order chi connectivity index (χ1) is 7.70. The van der Waals surface area contributed by atoms with Crippen molar-refractivity contribution in [2.24, 2.45) is 0 Å². The molecule has 1 rings (SSSR count). The Morgan fingerprint density at radius 1 is 1.31 bits per heavy atom. The number of hydrogen-bond donors (Lipinski definition) is 0. The second-order valence-corrected chi connectivity index (χ2v) is 4.82. The van der Waals surface area contributed by atoms with E-state index in [-0.39, 0.29) is 11.2 Å². The quantitative estimate of drug-likeness (QED) is 0.703. The summed E-state index contributed by atoms with van der Waals surface area (Å²) in [7, 11) is 0. The molecule has 0 fully saturated rings. The normalized spacial score (nSPS) is 10.6. The third-order valence-electron chi connectivity index (χ3n) is 2.35. The smallest absolute Gasteiger partial charge is 0.301 e. The van der Waals surface area contributed by atoms with E-state index in [2.05, 4.69) is 6.92 Å². The summed E-state index contributed by atoms with van der Waals surface area (Å²) >= 11 is 1.82. The number of aromatic nitrogens is 2. The number of aryl methyl sites for hydroxylation is 1. The van der Waals surface area contributed by atoms with Crippen molar-refractivity contribution in [2.45, 2.75) is 33.4 Å². The Labute approximate surface area is 99.3 Å². The highest BCUT2D eigenvalue weighted by Crippen LogP contribution is 2.00. The summed E-state index contributed by atoms with van der Waals surface area (Å²) in [5.41, 5.74) is -0.396. The summed E-state index contributed by atoms with van der Waals surface area (Å²) in [5, 5.41) is 0. The Hall–Kier alpha value is -0.970. The summed E-state index contributed by atoms with van der Waals surface area (Å²) in [6.07, 6.45) is 2.42. The fourth-order valence-corrected chi connectivity index (χ4v) is 2.09. The molecule has 0 bridgehead atoms. The molecular formula is C11H18N2O2S. The van der Waals surface area contributed by atoms with E-state index in [1.807, 2.05) is 18.7 Å². The largest absolute Gasteiger partial charge is 0.330 e. The Morgan fingerprint density at radius 3 is 2.69 bits per heavy atom. The van der Waals surface area contributed by atoms with Crippen molar-refractivity contribution in [3.05, 3.63) is 33.1 Å². The Kier molecular flexibility index (Phi) is 5.38. The molecule has 0 unspecified atom stereocenters. The zero-order chi connectivity index (χ0) is 12.0. The van der Waals surface area contributed by atoms with E-state index >= 15 is 0 Å². The van der Waals surface area contributed by atoms with Crippen LogP contribution in [0.4, 0.5) is 0 Å². The molecular weight excluding hydrogens is 224 g/mol. The van der Waals surface area contributed by atoms with Crippen LogP contribution < -0.4 is 11.2 Å². The third-order valence-corrected chi connectivity index (χ3v) is 3.34. The predicted octanol–water partition coefficient (Wildman–Crippen LogP) is 1.17. The van der Waals surface area contributed by atoms with Crippen molar-refractivity contribution in [2.75, 3.05) is 11.5 Å². The molecule has 0 aliphatic heterocycles. The molecule has 0 atom stereocenters. The van der Waals surface area contributed by atoms with Crippen molar-refractivity contribution < 1.29 is 0 Å². The van der Waals surface area contributed by atoms with Gasteiger partial charge in [-0.3, -0.25) is 9.36 Å². The van der Waals surface area contributed by atoms with E-state index in [0.717, 1.165) is 17.9 Å². The maximum Gasteiger partial charge on any atom is 0.330 e. The van der Waals surface area contributed by atoms with Gasteiger partial charge >= 0.3 is 5.69 Å². The van der Waals surface area contributed by atoms with Crippen LogP contribution in [0.25, 0.3) is 0 Å². The molecule has 0 amide bonds. The van der Waals surface area contributed by atoms with Crippen LogP contribution in [0.5, 0.6) is 0 Å². The maximum absolute atomic E-state index is 11.8. The first-order valence-corrected chi connectivity index (χ1v) is 6.74. The van der Waals surface area contributed by atoms with Gasteiger partial charge in [0, 0.05) is 25.4 Å². The van der Waals surface area contributed by atoms with Crippen molar-refractivity contribution in [1.82, 2.24) is 9.13 Å². The fourth-order valence-electron chi connectivity index (χ4n) is 1.47. The van der Waals surface area contributed by atoms with E-state index in [1.165, 1.54) is 10.6 Å². The van der Waals surface area contributed by atoms with Crippen molar-refractivity contribution in [3.8, 4) is 0 Å². The van der Waals surface area contributed by atoms with Gasteiger partial charge in [0.05, 0.1) is 0 Å². The highest BCUT2D eigenvalue weighted by molar-refractivity contribution is 7.99. The highest BCUT2D eigenvalue weighted by atomic mass is 32.2. The molecule has 1 aromatic rings. The van der Waals surface area contributed by atoms with E-state index in [0.29, 0.717) is 13.1 Å². The van der Waals surface area contributed by atoms with Crippen LogP contribution in [-0.4, -0.2) is 20.6 Å². The zero-order valence-electron chi connectivity index (χ0n) is 9.81. The average molecular weight is 242 g/mol. The lowest BCUT2D eigenvalue weighted by Gasteiger charge is -2.07. The molecule has 1 heterocycles. The molecule has 90 valence electrons. The average Bonchev–Trinajstić information content (AvgIpc) is 2.28. The maximum atomic E-state index is 11.8. The predicted molar refractivity (Wildman–Crippen MR) is 68.3 cm³/mol. The SMILES string of the molecule is CCSCCCn1c(=O)ccn(CC)c1=O. The first-order valence-electron chi connectivity index (χ1n) is 5.58. The molecule has 16 heavy (non-hydrogen) atoms. The molecule has 0 N–H and O–H groups in total. The minimum absolute atomic E-state index is 0.198. The van der Waals surface area contributed by atoms with Gasteiger partial charge in [-0.15, -0.1) is 0 Å². The third kappa shape index (κ3) is 3.27. The highest BCUT2D eigenvalue weighted by Gasteiger charge is 2.03. The summed E-state index contributed by atoms with van der Waals surface area (Å²) < 4.78 is 2.87. The van der Waals surface area contributed by atoms with Gasteiger partial charge in [-0.2, -0.15) is 11.8 Å². The topological polar surface area (TPSA) is 44.0 Å². The van der Waals surface area contributed by atoms with Crippen LogP contribution in [0.15, 0.2) is 21.9 Å². The Morgan fingerprint density at radius 2 is 2.06 bits per heavy atom. The van der Waals surface area contributed by atoms with Gasteiger partial charge in [-0.25, -0.2) is 4.79 Å². The number of hydrogen-bond acceptors (Lipinski definition) is 3. The Balaban J connectivity index is 2.78. The lowest BCUT2D eigenvalue weighted by atomic mass is 10.4. The van der Waals surface area contributed by atoms with Crippen LogP contribution in [0.1, 0.15) is 20.3 Å². The lowest BCUT2D eigenvalue weighted by molar-refractivity contribution is 0.560. The van der Waals surface area contributed by atoms with Gasteiger partial charge in [-0.05, 0) is 24.9 Å². The van der Waals surface area contributed by atoms with Gasteiger partial charge < -0.3 is 4.57 Å². The first kappa shape index (κ1) is 13.1. The van der Waals surface area contributed by atoms with Crippen molar-refractivity contribution in [3.63, 3.8) is 0 Å². The van der Waals surface area contributed by atoms with Crippen molar-refractivity contribution >= 4 is 11.8 Å². The van der Waals surface area contributed by atoms with Gasteiger partial charge in [0.15, 0.2) is 0 Å². The van der Waals surface area contributed by atoms with E-state index in [9.17, 15) is 9.59 Å². The molecule has 0 aliphatic carbocycles. The van der Waals surface area contributed by atoms with Gasteiger partial charge in [0.1, 0.15) is 0 Å². The lowest BCUT2D eigenvalue weighted by Crippen LogP contribution is -2.38. The van der Waals surface area contributed by atoms with Crippen LogP contribution in [0, 0.1) is 0 Å². The fraction of sp³-hybridized carbons (Fsp3) is 0.636. The number of thioether (sulfide) groups is 1. The molecule has 1 aromatic heterocycles. The summed E-state index contributed by atoms with van der Waals surface area (Å²) in [6, 6.07) is 1.46. The summed E-state index contributed by atoms with van der Waals surface area (Å²) in [4.78, 5) is 23.3. The van der Waals surface area contributed by atoms with Crippen LogP contribution in [0.3, 0.4) is 0 Å². The minimum Gasteiger partial charge on any atom is -0.301 e. The zero-order valence-corrected chi connectivity index (χ0v) is 10.6. The molecule has 5 heteroatoms. The summed E-state index contributed by atoms with van der Waals surface area (Å²) in [5.74, 6) is 2.06. The van der Waals surface area contributed by atoms with Gasteiger partial charge in [0.2, 0.25) is 0 Å². The second-order valence-electron chi connectivity index (χ2n) is 3.42. The molecule has 0 saturated carbocycles. The van der Waals surface area contributed by atoms with E-state index in [1.54, 1.807) is 10.8 Å². The molecule has 0 aliphatic rings. The number of nitrogens with zero attached hydrogens (tertiary/aromatic N) is 2. The van der Waals surface area contributed by atoms with Gasteiger partial charge in [0.25, 0.3) is 5.56 Å². The van der Waals surface area contributed by atoms with Gasteiger partial charge in [-0.1, -0.05) is 6.92 Å². The molecule has 0 spiro atoms. The van der Waals surface area contributed by atoms with E-state index in [4.69, 9.17) is 0 Å². The van der Waals surface area contributed by atoms with Crippen LogP contribution >= 0.6 is 11.8 Å². The van der Waals surface area contributed by atoms with E-state index < -0.39 is 0 Å². The minimum atomic E-state index is -0.198.